The summed E-state index contributed by atoms with van der Waals surface area (Å²) in [5.41, 5.74) is 0.851. The quantitative estimate of drug-likeness (QED) is 0.802. The molecule has 0 aromatic carbocycles. The first-order valence-corrected chi connectivity index (χ1v) is 7.00. The highest BCUT2D eigenvalue weighted by atomic mass is 35.5. The molecular weight excluding hydrogens is 270 g/mol. The zero-order valence-electron chi connectivity index (χ0n) is 10.0. The molecule has 2 unspecified atom stereocenters. The molecule has 1 fully saturated rings. The summed E-state index contributed by atoms with van der Waals surface area (Å²) in [6.45, 7) is 1.07. The fourth-order valence-electron chi connectivity index (χ4n) is 1.88. The lowest BCUT2D eigenvalue weighted by Gasteiger charge is -2.24. The third-order valence-electron chi connectivity index (χ3n) is 2.85. The molecule has 18 heavy (non-hydrogen) atoms. The fraction of sp³-hybridized carbons (Fsp3) is 0.462. The minimum atomic E-state index is -0.0963. The standard InChI is InChI=1S/C13H14ClNO2S/c1-15-13(16)11-6-9(7-17-8-11)2-3-10-4-5-18-12(10)14/h4-5,9,11H,6-8H2,1H3,(H,15,16). The van der Waals surface area contributed by atoms with Crippen LogP contribution in [0.15, 0.2) is 11.4 Å². The van der Waals surface area contributed by atoms with Crippen LogP contribution in [-0.4, -0.2) is 26.2 Å². The smallest absolute Gasteiger partial charge is 0.225 e. The van der Waals surface area contributed by atoms with E-state index in [9.17, 15) is 4.79 Å². The molecular formula is C13H14ClNO2S. The first kappa shape index (κ1) is 13.4. The van der Waals surface area contributed by atoms with Crippen LogP contribution < -0.4 is 5.32 Å². The van der Waals surface area contributed by atoms with E-state index in [1.54, 1.807) is 7.05 Å². The molecule has 1 aromatic rings. The summed E-state index contributed by atoms with van der Waals surface area (Å²) in [5, 5.41) is 4.56. The van der Waals surface area contributed by atoms with Crippen LogP contribution in [0.1, 0.15) is 12.0 Å². The lowest BCUT2D eigenvalue weighted by Crippen LogP contribution is -2.36. The van der Waals surface area contributed by atoms with Crippen LogP contribution in [0.3, 0.4) is 0 Å². The molecule has 2 heterocycles. The number of hydrogen-bond acceptors (Lipinski definition) is 3. The summed E-state index contributed by atoms with van der Waals surface area (Å²) < 4.78 is 6.13. The fourth-order valence-corrected chi connectivity index (χ4v) is 2.72. The molecule has 0 radical (unpaired) electrons. The van der Waals surface area contributed by atoms with Crippen LogP contribution in [0, 0.1) is 23.7 Å². The predicted molar refractivity (Wildman–Crippen MR) is 72.7 cm³/mol. The van der Waals surface area contributed by atoms with Crippen LogP contribution in [0.5, 0.6) is 0 Å². The minimum Gasteiger partial charge on any atom is -0.379 e. The maximum atomic E-state index is 11.5. The summed E-state index contributed by atoms with van der Waals surface area (Å²) in [7, 11) is 1.64. The second-order valence-electron chi connectivity index (χ2n) is 4.16. The molecule has 0 saturated carbocycles. The van der Waals surface area contributed by atoms with Crippen molar-refractivity contribution >= 4 is 28.8 Å². The van der Waals surface area contributed by atoms with Gasteiger partial charge in [0.2, 0.25) is 5.91 Å². The molecule has 2 atom stereocenters. The first-order chi connectivity index (χ1) is 8.70. The molecule has 0 aliphatic carbocycles. The first-order valence-electron chi connectivity index (χ1n) is 5.74. The van der Waals surface area contributed by atoms with Crippen molar-refractivity contribution in [2.45, 2.75) is 6.42 Å². The zero-order valence-corrected chi connectivity index (χ0v) is 11.6. The second kappa shape index (κ2) is 6.24. The van der Waals surface area contributed by atoms with E-state index in [-0.39, 0.29) is 17.7 Å². The predicted octanol–water partition coefficient (Wildman–Crippen LogP) is 2.15. The van der Waals surface area contributed by atoms with Crippen molar-refractivity contribution in [2.75, 3.05) is 20.3 Å². The summed E-state index contributed by atoms with van der Waals surface area (Å²) in [5.74, 6) is 6.22. The van der Waals surface area contributed by atoms with Crippen LogP contribution in [-0.2, 0) is 9.53 Å². The normalized spacial score (nSPS) is 23.0. The van der Waals surface area contributed by atoms with Gasteiger partial charge in [-0.2, -0.15) is 0 Å². The maximum absolute atomic E-state index is 11.5. The van der Waals surface area contributed by atoms with Crippen molar-refractivity contribution < 1.29 is 9.53 Å². The van der Waals surface area contributed by atoms with Gasteiger partial charge in [0.25, 0.3) is 0 Å². The van der Waals surface area contributed by atoms with E-state index < -0.39 is 0 Å². The Labute approximate surface area is 115 Å². The SMILES string of the molecule is CNC(=O)C1COCC(C#Cc2ccsc2Cl)C1. The van der Waals surface area contributed by atoms with Crippen molar-refractivity contribution in [2.24, 2.45) is 11.8 Å². The van der Waals surface area contributed by atoms with E-state index >= 15 is 0 Å². The molecule has 3 nitrogen and oxygen atoms in total. The van der Waals surface area contributed by atoms with Crippen LogP contribution in [0.4, 0.5) is 0 Å². The summed E-state index contributed by atoms with van der Waals surface area (Å²) in [6, 6.07) is 1.90. The molecule has 96 valence electrons. The van der Waals surface area contributed by atoms with E-state index in [2.05, 4.69) is 17.2 Å². The molecule has 1 aliphatic rings. The van der Waals surface area contributed by atoms with Crippen LogP contribution in [0.25, 0.3) is 0 Å². The van der Waals surface area contributed by atoms with Gasteiger partial charge in [-0.3, -0.25) is 4.79 Å². The van der Waals surface area contributed by atoms with Gasteiger partial charge in [-0.25, -0.2) is 0 Å². The van der Waals surface area contributed by atoms with Gasteiger partial charge in [0.1, 0.15) is 4.34 Å². The Morgan fingerprint density at radius 3 is 3.11 bits per heavy atom. The molecule has 1 aliphatic heterocycles. The number of carbonyl (C=O) groups is 1. The highest BCUT2D eigenvalue weighted by molar-refractivity contribution is 7.14. The Hall–Kier alpha value is -1.02. The number of ether oxygens (including phenoxy) is 1. The van der Waals surface area contributed by atoms with Gasteiger partial charge in [0.05, 0.1) is 24.7 Å². The van der Waals surface area contributed by atoms with E-state index in [1.807, 2.05) is 11.4 Å². The summed E-state index contributed by atoms with van der Waals surface area (Å²) in [4.78, 5) is 11.5. The van der Waals surface area contributed by atoms with E-state index in [1.165, 1.54) is 11.3 Å². The summed E-state index contributed by atoms with van der Waals surface area (Å²) >= 11 is 7.45. The molecule has 1 saturated heterocycles. The van der Waals surface area contributed by atoms with Gasteiger partial charge < -0.3 is 10.1 Å². The molecule has 5 heteroatoms. The number of halogens is 1. The number of nitrogens with one attached hydrogen (secondary N) is 1. The number of carbonyl (C=O) groups excluding carboxylic acids is 1. The largest absolute Gasteiger partial charge is 0.379 e. The molecule has 0 spiro atoms. The van der Waals surface area contributed by atoms with Crippen molar-refractivity contribution in [1.29, 1.82) is 0 Å². The van der Waals surface area contributed by atoms with Gasteiger partial charge in [-0.15, -0.1) is 11.3 Å². The molecule has 2 rings (SSSR count). The van der Waals surface area contributed by atoms with E-state index in [0.717, 1.165) is 12.0 Å². The van der Waals surface area contributed by atoms with E-state index in [4.69, 9.17) is 16.3 Å². The van der Waals surface area contributed by atoms with Crippen molar-refractivity contribution in [1.82, 2.24) is 5.32 Å². The molecule has 1 N–H and O–H groups in total. The monoisotopic (exact) mass is 283 g/mol. The Morgan fingerprint density at radius 2 is 2.44 bits per heavy atom. The van der Waals surface area contributed by atoms with Crippen molar-refractivity contribution in [3.8, 4) is 11.8 Å². The Kier molecular flexibility index (Phi) is 4.65. The topological polar surface area (TPSA) is 38.3 Å². The number of amides is 1. The average Bonchev–Trinajstić information content (AvgIpc) is 2.81. The van der Waals surface area contributed by atoms with Crippen LogP contribution >= 0.6 is 22.9 Å². The zero-order chi connectivity index (χ0) is 13.0. The minimum absolute atomic E-state index is 0.0232. The highest BCUT2D eigenvalue weighted by Gasteiger charge is 2.26. The number of thiophene rings is 1. The van der Waals surface area contributed by atoms with Gasteiger partial charge in [0.15, 0.2) is 0 Å². The summed E-state index contributed by atoms with van der Waals surface area (Å²) in [6.07, 6.45) is 0.744. The third-order valence-corrected chi connectivity index (χ3v) is 4.02. The molecule has 1 aromatic heterocycles. The van der Waals surface area contributed by atoms with Crippen molar-refractivity contribution in [3.63, 3.8) is 0 Å². The lowest BCUT2D eigenvalue weighted by molar-refractivity contribution is -0.129. The Morgan fingerprint density at radius 1 is 1.61 bits per heavy atom. The lowest BCUT2D eigenvalue weighted by atomic mass is 9.92. The van der Waals surface area contributed by atoms with Gasteiger partial charge in [-0.05, 0) is 17.9 Å². The van der Waals surface area contributed by atoms with E-state index in [0.29, 0.717) is 17.6 Å². The van der Waals surface area contributed by atoms with Gasteiger partial charge in [0, 0.05) is 13.0 Å². The van der Waals surface area contributed by atoms with Gasteiger partial charge in [-0.1, -0.05) is 23.4 Å². The Balaban J connectivity index is 2.00. The maximum Gasteiger partial charge on any atom is 0.225 e. The van der Waals surface area contributed by atoms with Crippen LogP contribution in [0.2, 0.25) is 4.34 Å². The number of rotatable bonds is 1. The Bertz CT molecular complexity index is 489. The second-order valence-corrected chi connectivity index (χ2v) is 5.68. The third kappa shape index (κ3) is 3.26. The van der Waals surface area contributed by atoms with Crippen molar-refractivity contribution in [3.05, 3.63) is 21.3 Å². The molecule has 1 amide bonds. The van der Waals surface area contributed by atoms with Gasteiger partial charge >= 0.3 is 0 Å². The number of hydrogen-bond donors (Lipinski definition) is 1. The highest BCUT2D eigenvalue weighted by Crippen LogP contribution is 2.23. The molecule has 0 bridgehead atoms. The average molecular weight is 284 g/mol.